The summed E-state index contributed by atoms with van der Waals surface area (Å²) in [7, 11) is 0. The van der Waals surface area contributed by atoms with E-state index in [4.69, 9.17) is 4.74 Å². The van der Waals surface area contributed by atoms with Crippen LogP contribution in [0.5, 0.6) is 0 Å². The fourth-order valence-electron chi connectivity index (χ4n) is 3.52. The van der Waals surface area contributed by atoms with E-state index in [1.165, 1.54) is 6.42 Å². The van der Waals surface area contributed by atoms with E-state index in [0.717, 1.165) is 12.8 Å². The first-order valence-corrected chi connectivity index (χ1v) is 8.53. The number of rotatable bonds is 4. The average Bonchev–Trinajstić information content (AvgIpc) is 2.79. The van der Waals surface area contributed by atoms with E-state index in [0.29, 0.717) is 41.0 Å². The summed E-state index contributed by atoms with van der Waals surface area (Å²) in [5.74, 6) is 0.582. The number of aryl methyl sites for hydroxylation is 1. The predicted molar refractivity (Wildman–Crippen MR) is 89.7 cm³/mol. The zero-order chi connectivity index (χ0) is 17.1. The first kappa shape index (κ1) is 17.6. The molecular weight excluding hydrogens is 292 g/mol. The smallest absolute Gasteiger partial charge is 0.355 e. The van der Waals surface area contributed by atoms with Crippen LogP contribution in [0, 0.1) is 25.7 Å². The molecule has 0 spiro atoms. The summed E-state index contributed by atoms with van der Waals surface area (Å²) in [5, 5.41) is 3.17. The number of aromatic amines is 1. The van der Waals surface area contributed by atoms with E-state index < -0.39 is 5.97 Å². The molecule has 0 aliphatic heterocycles. The van der Waals surface area contributed by atoms with Gasteiger partial charge < -0.3 is 15.0 Å². The van der Waals surface area contributed by atoms with Gasteiger partial charge in [0.25, 0.3) is 5.91 Å². The summed E-state index contributed by atoms with van der Waals surface area (Å²) in [4.78, 5) is 27.7. The van der Waals surface area contributed by atoms with Crippen LogP contribution in [0.2, 0.25) is 0 Å². The van der Waals surface area contributed by atoms with Gasteiger partial charge in [-0.3, -0.25) is 4.79 Å². The lowest BCUT2D eigenvalue weighted by Crippen LogP contribution is -2.43. The molecule has 1 aromatic heterocycles. The first-order chi connectivity index (χ1) is 10.9. The Labute approximate surface area is 138 Å². The van der Waals surface area contributed by atoms with Gasteiger partial charge in [0.15, 0.2) is 0 Å². The van der Waals surface area contributed by atoms with E-state index in [2.05, 4.69) is 24.1 Å². The lowest BCUT2D eigenvalue weighted by Gasteiger charge is -2.34. The molecule has 5 nitrogen and oxygen atoms in total. The molecule has 1 heterocycles. The second-order valence-electron chi connectivity index (χ2n) is 6.69. The summed E-state index contributed by atoms with van der Waals surface area (Å²) < 4.78 is 5.04. The fourth-order valence-corrected chi connectivity index (χ4v) is 3.52. The second kappa shape index (κ2) is 7.20. The van der Waals surface area contributed by atoms with Crippen molar-refractivity contribution in [3.63, 3.8) is 0 Å². The molecule has 3 atom stereocenters. The third-order valence-electron chi connectivity index (χ3n) is 5.17. The monoisotopic (exact) mass is 320 g/mol. The minimum absolute atomic E-state index is 0.0993. The van der Waals surface area contributed by atoms with Crippen LogP contribution in [0.1, 0.15) is 72.1 Å². The molecule has 1 saturated carbocycles. The fraction of sp³-hybridized carbons (Fsp3) is 0.667. The van der Waals surface area contributed by atoms with Crippen LogP contribution in [0.25, 0.3) is 0 Å². The predicted octanol–water partition coefficient (Wildman–Crippen LogP) is 3.36. The van der Waals surface area contributed by atoms with Crippen LogP contribution in [0.3, 0.4) is 0 Å². The Morgan fingerprint density at radius 1 is 1.26 bits per heavy atom. The van der Waals surface area contributed by atoms with Gasteiger partial charge >= 0.3 is 5.97 Å². The van der Waals surface area contributed by atoms with Gasteiger partial charge in [0.2, 0.25) is 0 Å². The zero-order valence-corrected chi connectivity index (χ0v) is 14.8. The standard InChI is InChI=1S/C18H28N2O3/c1-6-23-18(22)16-12(4)15(13(5)19-16)17(21)20-14-9-7-8-10(2)11(14)3/h10-11,14,19H,6-9H2,1-5H3,(H,20,21)/t10-,11+,14+/m0/s1. The van der Waals surface area contributed by atoms with Gasteiger partial charge in [-0.05, 0) is 44.6 Å². The summed E-state index contributed by atoms with van der Waals surface area (Å²) in [6.07, 6.45) is 3.39. The van der Waals surface area contributed by atoms with Gasteiger partial charge in [-0.25, -0.2) is 4.79 Å². The van der Waals surface area contributed by atoms with Crippen molar-refractivity contribution in [2.75, 3.05) is 6.61 Å². The molecule has 5 heteroatoms. The molecular formula is C18H28N2O3. The Kier molecular flexibility index (Phi) is 5.50. The van der Waals surface area contributed by atoms with Crippen LogP contribution >= 0.6 is 0 Å². The van der Waals surface area contributed by atoms with Crippen molar-refractivity contribution in [2.45, 2.75) is 59.9 Å². The maximum Gasteiger partial charge on any atom is 0.355 e. The van der Waals surface area contributed by atoms with E-state index >= 15 is 0 Å². The number of aromatic nitrogens is 1. The summed E-state index contributed by atoms with van der Waals surface area (Å²) in [6, 6.07) is 0.200. The van der Waals surface area contributed by atoms with Crippen LogP contribution in [-0.4, -0.2) is 29.5 Å². The summed E-state index contributed by atoms with van der Waals surface area (Å²) in [6.45, 7) is 10.1. The highest BCUT2D eigenvalue weighted by molar-refractivity contribution is 6.01. The number of ether oxygens (including phenoxy) is 1. The Morgan fingerprint density at radius 2 is 1.96 bits per heavy atom. The highest BCUT2D eigenvalue weighted by atomic mass is 16.5. The number of hydrogen-bond donors (Lipinski definition) is 2. The molecule has 23 heavy (non-hydrogen) atoms. The van der Waals surface area contributed by atoms with Crippen molar-refractivity contribution in [1.82, 2.24) is 10.3 Å². The highest BCUT2D eigenvalue weighted by Gasteiger charge is 2.30. The Morgan fingerprint density at radius 3 is 2.61 bits per heavy atom. The lowest BCUT2D eigenvalue weighted by atomic mass is 9.78. The number of carbonyl (C=O) groups is 2. The third-order valence-corrected chi connectivity index (χ3v) is 5.17. The van der Waals surface area contributed by atoms with Gasteiger partial charge in [0, 0.05) is 11.7 Å². The van der Waals surface area contributed by atoms with E-state index in [1.54, 1.807) is 13.8 Å². The van der Waals surface area contributed by atoms with Crippen molar-refractivity contribution in [3.8, 4) is 0 Å². The largest absolute Gasteiger partial charge is 0.461 e. The van der Waals surface area contributed by atoms with Gasteiger partial charge in [0.05, 0.1) is 12.2 Å². The Hall–Kier alpha value is -1.78. The summed E-state index contributed by atoms with van der Waals surface area (Å²) >= 11 is 0. The maximum absolute atomic E-state index is 12.7. The third kappa shape index (κ3) is 3.59. The van der Waals surface area contributed by atoms with Crippen LogP contribution < -0.4 is 5.32 Å². The molecule has 0 aromatic carbocycles. The van der Waals surface area contributed by atoms with Crippen LogP contribution in [-0.2, 0) is 4.74 Å². The average molecular weight is 320 g/mol. The highest BCUT2D eigenvalue weighted by Crippen LogP contribution is 2.30. The molecule has 0 radical (unpaired) electrons. The first-order valence-electron chi connectivity index (χ1n) is 8.53. The molecule has 0 saturated heterocycles. The molecule has 2 N–H and O–H groups in total. The molecule has 128 valence electrons. The summed E-state index contributed by atoms with van der Waals surface area (Å²) in [5.41, 5.74) is 2.31. The number of carbonyl (C=O) groups excluding carboxylic acids is 2. The molecule has 1 amide bonds. The number of H-pyrrole nitrogens is 1. The number of esters is 1. The van der Waals surface area contributed by atoms with Crippen molar-refractivity contribution in [2.24, 2.45) is 11.8 Å². The van der Waals surface area contributed by atoms with Crippen molar-refractivity contribution in [3.05, 3.63) is 22.5 Å². The zero-order valence-electron chi connectivity index (χ0n) is 14.8. The normalized spacial score (nSPS) is 24.3. The Bertz CT molecular complexity index is 591. The van der Waals surface area contributed by atoms with Gasteiger partial charge in [-0.15, -0.1) is 0 Å². The van der Waals surface area contributed by atoms with Gasteiger partial charge in [-0.1, -0.05) is 26.7 Å². The second-order valence-corrected chi connectivity index (χ2v) is 6.69. The Balaban J connectivity index is 2.18. The van der Waals surface area contributed by atoms with Crippen molar-refractivity contribution >= 4 is 11.9 Å². The van der Waals surface area contributed by atoms with E-state index in [1.807, 2.05) is 6.92 Å². The van der Waals surface area contributed by atoms with Crippen LogP contribution in [0.15, 0.2) is 0 Å². The van der Waals surface area contributed by atoms with Gasteiger partial charge in [-0.2, -0.15) is 0 Å². The van der Waals surface area contributed by atoms with Crippen molar-refractivity contribution < 1.29 is 14.3 Å². The van der Waals surface area contributed by atoms with E-state index in [9.17, 15) is 9.59 Å². The number of nitrogens with one attached hydrogen (secondary N) is 2. The molecule has 0 unspecified atom stereocenters. The molecule has 0 bridgehead atoms. The van der Waals surface area contributed by atoms with Crippen molar-refractivity contribution in [1.29, 1.82) is 0 Å². The quantitative estimate of drug-likeness (QED) is 0.836. The van der Waals surface area contributed by atoms with Gasteiger partial charge in [0.1, 0.15) is 5.69 Å². The number of hydrogen-bond acceptors (Lipinski definition) is 3. The molecule has 1 fully saturated rings. The van der Waals surface area contributed by atoms with Crippen LogP contribution in [0.4, 0.5) is 0 Å². The maximum atomic E-state index is 12.7. The number of amides is 1. The van der Waals surface area contributed by atoms with E-state index in [-0.39, 0.29) is 11.9 Å². The topological polar surface area (TPSA) is 71.2 Å². The molecule has 2 rings (SSSR count). The minimum atomic E-state index is -0.410. The lowest BCUT2D eigenvalue weighted by molar-refractivity contribution is 0.0519. The molecule has 1 aromatic rings. The molecule has 1 aliphatic rings. The minimum Gasteiger partial charge on any atom is -0.461 e. The molecule has 1 aliphatic carbocycles. The SMILES string of the molecule is CCOC(=O)c1[nH]c(C)c(C(=O)N[C@@H]2CCC[C@H](C)[C@H]2C)c1C.